The van der Waals surface area contributed by atoms with Crippen LogP contribution in [0.3, 0.4) is 0 Å². The molecule has 3 aromatic rings. The summed E-state index contributed by atoms with van der Waals surface area (Å²) in [6, 6.07) is 13.1. The Hall–Kier alpha value is -3.19. The number of amides is 2. The smallest absolute Gasteiger partial charge is 0.267 e. The predicted molar refractivity (Wildman–Crippen MR) is 103 cm³/mol. The van der Waals surface area contributed by atoms with Crippen molar-refractivity contribution in [1.29, 1.82) is 0 Å². The van der Waals surface area contributed by atoms with E-state index < -0.39 is 0 Å². The number of H-pyrrole nitrogens is 1. The van der Waals surface area contributed by atoms with Gasteiger partial charge in [-0.15, -0.1) is 0 Å². The van der Waals surface area contributed by atoms with Gasteiger partial charge in [0.25, 0.3) is 11.8 Å². The van der Waals surface area contributed by atoms with Gasteiger partial charge in [0.15, 0.2) is 0 Å². The number of hydrogen-bond donors (Lipinski definition) is 2. The summed E-state index contributed by atoms with van der Waals surface area (Å²) in [4.78, 5) is 29.5. The van der Waals surface area contributed by atoms with Gasteiger partial charge in [0.05, 0.1) is 13.2 Å². The second kappa shape index (κ2) is 7.82. The number of hydrogen-bond acceptors (Lipinski definition) is 3. The number of nitrogens with zero attached hydrogens (tertiary/aromatic N) is 1. The van der Waals surface area contributed by atoms with Crippen molar-refractivity contribution in [2.24, 2.45) is 0 Å². The Labute approximate surface area is 161 Å². The van der Waals surface area contributed by atoms with Crippen molar-refractivity contribution in [2.75, 3.05) is 26.3 Å². The minimum absolute atomic E-state index is 0.0100. The molecule has 1 aliphatic rings. The van der Waals surface area contributed by atoms with E-state index in [1.807, 2.05) is 12.1 Å². The molecule has 7 heteroatoms. The molecule has 1 fully saturated rings. The highest BCUT2D eigenvalue weighted by atomic mass is 19.1. The Kier molecular flexibility index (Phi) is 5.08. The van der Waals surface area contributed by atoms with Crippen LogP contribution in [0.2, 0.25) is 0 Å². The monoisotopic (exact) mass is 381 g/mol. The van der Waals surface area contributed by atoms with E-state index in [0.717, 1.165) is 5.56 Å². The third-order valence-corrected chi connectivity index (χ3v) is 4.78. The summed E-state index contributed by atoms with van der Waals surface area (Å²) in [5.41, 5.74) is 2.58. The molecule has 0 spiro atoms. The second-order valence-corrected chi connectivity index (χ2v) is 6.70. The lowest BCUT2D eigenvalue weighted by Crippen LogP contribution is -2.40. The van der Waals surface area contributed by atoms with Crippen LogP contribution in [0.5, 0.6) is 0 Å². The molecule has 2 amide bonds. The van der Waals surface area contributed by atoms with E-state index in [0.29, 0.717) is 55.0 Å². The third-order valence-electron chi connectivity index (χ3n) is 4.78. The van der Waals surface area contributed by atoms with Gasteiger partial charge in [-0.05, 0) is 42.0 Å². The maximum absolute atomic E-state index is 13.3. The minimum atomic E-state index is -0.342. The number of carbonyl (C=O) groups excluding carboxylic acids is 2. The molecule has 0 aliphatic carbocycles. The normalized spacial score (nSPS) is 14.2. The Morgan fingerprint density at radius 2 is 1.82 bits per heavy atom. The van der Waals surface area contributed by atoms with E-state index in [-0.39, 0.29) is 17.6 Å². The molecule has 0 atom stereocenters. The largest absolute Gasteiger partial charge is 0.378 e. The molecule has 0 saturated carbocycles. The highest BCUT2D eigenvalue weighted by Gasteiger charge is 2.18. The number of halogens is 1. The maximum atomic E-state index is 13.3. The first-order valence-corrected chi connectivity index (χ1v) is 9.12. The molecule has 28 heavy (non-hydrogen) atoms. The second-order valence-electron chi connectivity index (χ2n) is 6.70. The van der Waals surface area contributed by atoms with Crippen molar-refractivity contribution in [3.63, 3.8) is 0 Å². The Morgan fingerprint density at radius 1 is 1.07 bits per heavy atom. The van der Waals surface area contributed by atoms with E-state index in [9.17, 15) is 14.0 Å². The summed E-state index contributed by atoms with van der Waals surface area (Å²) >= 11 is 0. The van der Waals surface area contributed by atoms with Crippen LogP contribution < -0.4 is 5.32 Å². The summed E-state index contributed by atoms with van der Waals surface area (Å²) < 4.78 is 18.5. The van der Waals surface area contributed by atoms with E-state index in [2.05, 4.69) is 10.3 Å². The number of benzene rings is 2. The Morgan fingerprint density at radius 3 is 2.57 bits per heavy atom. The van der Waals surface area contributed by atoms with Crippen LogP contribution in [0.25, 0.3) is 10.9 Å². The van der Waals surface area contributed by atoms with Crippen molar-refractivity contribution < 1.29 is 18.7 Å². The molecule has 0 bridgehead atoms. The third kappa shape index (κ3) is 3.89. The van der Waals surface area contributed by atoms with Crippen LogP contribution in [-0.4, -0.2) is 48.0 Å². The van der Waals surface area contributed by atoms with Crippen molar-refractivity contribution in [1.82, 2.24) is 15.2 Å². The number of carbonyl (C=O) groups is 2. The van der Waals surface area contributed by atoms with Gasteiger partial charge >= 0.3 is 0 Å². The Balaban J connectivity index is 1.37. The Bertz CT molecular complexity index is 1010. The number of aromatic amines is 1. The van der Waals surface area contributed by atoms with Gasteiger partial charge in [-0.1, -0.05) is 12.1 Å². The van der Waals surface area contributed by atoms with Gasteiger partial charge in [0, 0.05) is 36.1 Å². The van der Waals surface area contributed by atoms with Gasteiger partial charge in [-0.3, -0.25) is 9.59 Å². The van der Waals surface area contributed by atoms with Crippen LogP contribution in [-0.2, 0) is 11.3 Å². The quantitative estimate of drug-likeness (QED) is 0.730. The highest BCUT2D eigenvalue weighted by Crippen LogP contribution is 2.17. The lowest BCUT2D eigenvalue weighted by atomic mass is 10.1. The lowest BCUT2D eigenvalue weighted by Gasteiger charge is -2.26. The number of ether oxygens (including phenoxy) is 1. The molecule has 1 saturated heterocycles. The topological polar surface area (TPSA) is 74.4 Å². The fourth-order valence-corrected chi connectivity index (χ4v) is 3.22. The van der Waals surface area contributed by atoms with Crippen LogP contribution in [0.4, 0.5) is 4.39 Å². The molecular weight excluding hydrogens is 361 g/mol. The van der Waals surface area contributed by atoms with Crippen molar-refractivity contribution in [2.45, 2.75) is 6.54 Å². The van der Waals surface area contributed by atoms with Crippen molar-refractivity contribution in [3.8, 4) is 0 Å². The minimum Gasteiger partial charge on any atom is -0.378 e. The number of morpholine rings is 1. The zero-order valence-corrected chi connectivity index (χ0v) is 15.2. The van der Waals surface area contributed by atoms with Crippen LogP contribution in [0.15, 0.2) is 48.5 Å². The van der Waals surface area contributed by atoms with Crippen LogP contribution >= 0.6 is 0 Å². The van der Waals surface area contributed by atoms with Crippen molar-refractivity contribution >= 4 is 22.7 Å². The SMILES string of the molecule is O=C(NCc1ccc(C(=O)N2CCOCC2)cc1)c1cc2cc(F)ccc2[nH]1. The van der Waals surface area contributed by atoms with Crippen LogP contribution in [0.1, 0.15) is 26.4 Å². The number of fused-ring (bicyclic) bond motifs is 1. The number of rotatable bonds is 4. The average Bonchev–Trinajstić information content (AvgIpc) is 3.16. The molecule has 2 heterocycles. The van der Waals surface area contributed by atoms with E-state index in [4.69, 9.17) is 4.74 Å². The zero-order valence-electron chi connectivity index (χ0n) is 15.2. The summed E-state index contributed by atoms with van der Waals surface area (Å²) in [6.07, 6.45) is 0. The molecule has 1 aromatic heterocycles. The molecule has 0 unspecified atom stereocenters. The molecular formula is C21H20FN3O3. The fourth-order valence-electron chi connectivity index (χ4n) is 3.22. The summed E-state index contributed by atoms with van der Waals surface area (Å²) in [7, 11) is 0. The van der Waals surface area contributed by atoms with Gasteiger partial charge in [-0.25, -0.2) is 4.39 Å². The van der Waals surface area contributed by atoms with Gasteiger partial charge in [0.2, 0.25) is 0 Å². The van der Waals surface area contributed by atoms with Crippen molar-refractivity contribution in [3.05, 3.63) is 71.2 Å². The van der Waals surface area contributed by atoms with E-state index in [1.165, 1.54) is 12.1 Å². The molecule has 2 aromatic carbocycles. The first-order chi connectivity index (χ1) is 13.6. The molecule has 4 rings (SSSR count). The first-order valence-electron chi connectivity index (χ1n) is 9.12. The van der Waals surface area contributed by atoms with E-state index in [1.54, 1.807) is 29.2 Å². The maximum Gasteiger partial charge on any atom is 0.267 e. The summed E-state index contributed by atoms with van der Waals surface area (Å²) in [5, 5.41) is 3.48. The average molecular weight is 381 g/mol. The standard InChI is InChI=1S/C21H20FN3O3/c22-17-5-6-18-16(11-17)12-19(24-18)20(26)23-13-14-1-3-15(4-2-14)21(27)25-7-9-28-10-8-25/h1-6,11-12,24H,7-10,13H2,(H,23,26). The highest BCUT2D eigenvalue weighted by molar-refractivity contribution is 5.98. The molecule has 6 nitrogen and oxygen atoms in total. The first kappa shape index (κ1) is 18.2. The lowest BCUT2D eigenvalue weighted by molar-refractivity contribution is 0.0303. The van der Waals surface area contributed by atoms with Gasteiger partial charge in [-0.2, -0.15) is 0 Å². The van der Waals surface area contributed by atoms with Crippen LogP contribution in [0, 0.1) is 5.82 Å². The number of nitrogens with one attached hydrogen (secondary N) is 2. The molecule has 0 radical (unpaired) electrons. The summed E-state index contributed by atoms with van der Waals surface area (Å²) in [5.74, 6) is -0.626. The predicted octanol–water partition coefficient (Wildman–Crippen LogP) is 2.71. The molecule has 144 valence electrons. The molecule has 1 aliphatic heterocycles. The zero-order chi connectivity index (χ0) is 19.5. The molecule has 2 N–H and O–H groups in total. The van der Waals surface area contributed by atoms with Gasteiger partial charge < -0.3 is 19.9 Å². The number of aromatic nitrogens is 1. The van der Waals surface area contributed by atoms with Gasteiger partial charge in [0.1, 0.15) is 11.5 Å². The fraction of sp³-hybridized carbons (Fsp3) is 0.238. The summed E-state index contributed by atoms with van der Waals surface area (Å²) in [6.45, 7) is 2.66. The van der Waals surface area contributed by atoms with E-state index >= 15 is 0 Å².